The molecular weight excluding hydrogens is 539 g/mol. The molecule has 0 radical (unpaired) electrons. The van der Waals surface area contributed by atoms with Crippen molar-refractivity contribution in [1.82, 2.24) is 4.98 Å². The first-order valence-corrected chi connectivity index (χ1v) is 12.6. The van der Waals surface area contributed by atoms with Crippen molar-refractivity contribution in [3.05, 3.63) is 78.2 Å². The summed E-state index contributed by atoms with van der Waals surface area (Å²) in [5, 5.41) is 5.74. The molecule has 4 aromatic rings. The van der Waals surface area contributed by atoms with Crippen molar-refractivity contribution in [2.75, 3.05) is 24.9 Å². The molecule has 41 heavy (non-hydrogen) atoms. The Bertz CT molecular complexity index is 1680. The Balaban J connectivity index is 1.28. The van der Waals surface area contributed by atoms with Crippen molar-refractivity contribution in [3.8, 4) is 23.0 Å². The largest absolute Gasteiger partial charge is 0.493 e. The molecule has 11 heteroatoms. The fourth-order valence-corrected chi connectivity index (χ4v) is 4.95. The van der Waals surface area contributed by atoms with Crippen LogP contribution in [0.3, 0.4) is 0 Å². The highest BCUT2D eigenvalue weighted by molar-refractivity contribution is 6.04. The number of nitrogens with zero attached hydrogens (tertiary/aromatic N) is 1. The molecule has 2 N–H and O–H groups in total. The second kappa shape index (κ2) is 10.6. The molecule has 2 amide bonds. The molecule has 1 aromatic heterocycles. The fraction of sp³-hybridized carbons (Fsp3) is 0.233. The zero-order valence-corrected chi connectivity index (χ0v) is 22.6. The molecule has 212 valence electrons. The highest BCUT2D eigenvalue weighted by Gasteiger charge is 2.65. The quantitative estimate of drug-likeness (QED) is 0.260. The van der Waals surface area contributed by atoms with Crippen LogP contribution in [0.2, 0.25) is 0 Å². The van der Waals surface area contributed by atoms with E-state index in [0.29, 0.717) is 28.2 Å². The van der Waals surface area contributed by atoms with Gasteiger partial charge >= 0.3 is 0 Å². The lowest BCUT2D eigenvalue weighted by atomic mass is 10.1. The predicted molar refractivity (Wildman–Crippen MR) is 146 cm³/mol. The molecule has 1 fully saturated rings. The highest BCUT2D eigenvalue weighted by atomic mass is 19.2. The third-order valence-corrected chi connectivity index (χ3v) is 7.21. The van der Waals surface area contributed by atoms with E-state index in [9.17, 15) is 18.4 Å². The second-order valence-electron chi connectivity index (χ2n) is 10.2. The summed E-state index contributed by atoms with van der Waals surface area (Å²) in [6.07, 6.45) is 1.52. The maximum Gasteiger partial charge on any atom is 0.228 e. The van der Waals surface area contributed by atoms with E-state index in [2.05, 4.69) is 15.6 Å². The van der Waals surface area contributed by atoms with Gasteiger partial charge in [0.15, 0.2) is 34.7 Å². The molecular formula is C30H26F3N3O5. The van der Waals surface area contributed by atoms with Crippen molar-refractivity contribution in [2.45, 2.75) is 13.8 Å². The van der Waals surface area contributed by atoms with Crippen molar-refractivity contribution in [3.63, 3.8) is 0 Å². The number of anilines is 2. The predicted octanol–water partition coefficient (Wildman–Crippen LogP) is 6.31. The molecule has 1 heterocycles. The Labute approximate surface area is 233 Å². The number of ether oxygens (including phenoxy) is 3. The van der Waals surface area contributed by atoms with Crippen LogP contribution in [-0.2, 0) is 9.59 Å². The van der Waals surface area contributed by atoms with Gasteiger partial charge in [0.1, 0.15) is 5.75 Å². The van der Waals surface area contributed by atoms with Gasteiger partial charge in [-0.15, -0.1) is 0 Å². The summed E-state index contributed by atoms with van der Waals surface area (Å²) < 4.78 is 58.3. The monoisotopic (exact) mass is 565 g/mol. The summed E-state index contributed by atoms with van der Waals surface area (Å²) in [5.74, 6) is -4.09. The lowest BCUT2D eigenvalue weighted by Crippen LogP contribution is -2.20. The summed E-state index contributed by atoms with van der Waals surface area (Å²) in [5.41, 5.74) is 0.0986. The average Bonchev–Trinajstić information content (AvgIpc) is 3.53. The number of pyridine rings is 1. The number of nitrogens with one attached hydrogen (secondary N) is 2. The highest BCUT2D eigenvalue weighted by Crippen LogP contribution is 2.59. The summed E-state index contributed by atoms with van der Waals surface area (Å²) in [7, 11) is 3.01. The first kappa shape index (κ1) is 27.8. The van der Waals surface area contributed by atoms with Gasteiger partial charge in [-0.05, 0) is 41.8 Å². The Hall–Kier alpha value is -4.80. The molecule has 0 unspecified atom stereocenters. The molecule has 1 aliphatic rings. The molecule has 0 spiro atoms. The molecule has 2 atom stereocenters. The summed E-state index contributed by atoms with van der Waals surface area (Å²) in [4.78, 5) is 30.1. The number of benzene rings is 3. The number of amides is 2. The molecule has 1 saturated carbocycles. The zero-order chi connectivity index (χ0) is 29.5. The van der Waals surface area contributed by atoms with Gasteiger partial charge in [-0.25, -0.2) is 13.2 Å². The van der Waals surface area contributed by atoms with Crippen LogP contribution in [0.25, 0.3) is 10.9 Å². The van der Waals surface area contributed by atoms with Crippen molar-refractivity contribution in [1.29, 1.82) is 0 Å². The Morgan fingerprint density at radius 2 is 1.32 bits per heavy atom. The van der Waals surface area contributed by atoms with Gasteiger partial charge in [0.25, 0.3) is 0 Å². The first-order chi connectivity index (χ1) is 19.5. The van der Waals surface area contributed by atoms with Gasteiger partial charge in [0.05, 0.1) is 31.6 Å². The molecule has 3 aromatic carbocycles. The van der Waals surface area contributed by atoms with E-state index in [-0.39, 0.29) is 17.1 Å². The third kappa shape index (κ3) is 5.34. The summed E-state index contributed by atoms with van der Waals surface area (Å²) in [6.45, 7) is 3.49. The number of aromatic nitrogens is 1. The van der Waals surface area contributed by atoms with Gasteiger partial charge in [-0.1, -0.05) is 13.8 Å². The van der Waals surface area contributed by atoms with Crippen LogP contribution in [0, 0.1) is 34.7 Å². The van der Waals surface area contributed by atoms with E-state index >= 15 is 4.39 Å². The Kier molecular flexibility index (Phi) is 7.20. The number of rotatable bonds is 8. The van der Waals surface area contributed by atoms with Crippen molar-refractivity contribution in [2.24, 2.45) is 17.3 Å². The molecule has 0 bridgehead atoms. The van der Waals surface area contributed by atoms with E-state index in [1.54, 1.807) is 32.0 Å². The topological polar surface area (TPSA) is 98.8 Å². The van der Waals surface area contributed by atoms with Crippen molar-refractivity contribution >= 4 is 34.1 Å². The van der Waals surface area contributed by atoms with Gasteiger partial charge < -0.3 is 24.8 Å². The summed E-state index contributed by atoms with van der Waals surface area (Å²) >= 11 is 0. The minimum absolute atomic E-state index is 0.0768. The smallest absolute Gasteiger partial charge is 0.228 e. The third-order valence-electron chi connectivity index (χ3n) is 7.21. The maximum absolute atomic E-state index is 15.1. The van der Waals surface area contributed by atoms with Crippen LogP contribution in [0.5, 0.6) is 23.0 Å². The average molecular weight is 566 g/mol. The number of halogens is 3. The molecule has 8 nitrogen and oxygen atoms in total. The van der Waals surface area contributed by atoms with Crippen LogP contribution in [0.4, 0.5) is 24.5 Å². The number of carbonyl (C=O) groups is 2. The lowest BCUT2D eigenvalue weighted by Gasteiger charge is -2.13. The minimum atomic E-state index is -1.10. The van der Waals surface area contributed by atoms with E-state index < -0.39 is 46.5 Å². The fourth-order valence-electron chi connectivity index (χ4n) is 4.95. The lowest BCUT2D eigenvalue weighted by molar-refractivity contribution is -0.122. The van der Waals surface area contributed by atoms with E-state index in [1.807, 2.05) is 0 Å². The van der Waals surface area contributed by atoms with Crippen LogP contribution in [-0.4, -0.2) is 31.0 Å². The Morgan fingerprint density at radius 3 is 1.90 bits per heavy atom. The number of hydrogen-bond acceptors (Lipinski definition) is 6. The van der Waals surface area contributed by atoms with Gasteiger partial charge in [-0.2, -0.15) is 0 Å². The van der Waals surface area contributed by atoms with Crippen LogP contribution >= 0.6 is 0 Å². The van der Waals surface area contributed by atoms with E-state index in [1.165, 1.54) is 38.6 Å². The normalized spacial score (nSPS) is 17.0. The maximum atomic E-state index is 15.1. The van der Waals surface area contributed by atoms with Gasteiger partial charge in [-0.3, -0.25) is 14.6 Å². The van der Waals surface area contributed by atoms with Crippen LogP contribution in [0.1, 0.15) is 13.8 Å². The van der Waals surface area contributed by atoms with Crippen molar-refractivity contribution < 1.29 is 37.0 Å². The van der Waals surface area contributed by atoms with Crippen LogP contribution in [0.15, 0.2) is 60.8 Å². The first-order valence-electron chi connectivity index (χ1n) is 12.6. The van der Waals surface area contributed by atoms with Gasteiger partial charge in [0.2, 0.25) is 11.8 Å². The molecule has 1 aliphatic carbocycles. The number of carbonyl (C=O) groups excluding carboxylic acids is 2. The zero-order valence-electron chi connectivity index (χ0n) is 22.6. The Morgan fingerprint density at radius 1 is 0.732 bits per heavy atom. The molecule has 0 aliphatic heterocycles. The molecule has 0 saturated heterocycles. The van der Waals surface area contributed by atoms with Gasteiger partial charge in [0, 0.05) is 41.2 Å². The van der Waals surface area contributed by atoms with E-state index in [0.717, 1.165) is 18.2 Å². The number of methoxy groups -OCH3 is 2. The SMILES string of the molecule is COc1cc2nccc(Oc3ccc(NC(=O)[C@@H]4[C@H](C(=O)Nc5ccc(F)c(F)c5)C4(C)C)cc3F)c2cc1OC. The standard InChI is InChI=1S/C30H26F3N3O5/c1-30(2)26(28(37)35-15-5-7-18(31)19(32)11-15)27(30)29(38)36-16-6-8-23(20(33)12-16)41-22-9-10-34-21-14-25(40-4)24(39-3)13-17(21)22/h5-14,26-27H,1-4H3,(H,35,37)(H,36,38)/t26-,27+/m1/s1. The molecule has 5 rings (SSSR count). The number of fused-ring (bicyclic) bond motifs is 1. The number of hydrogen-bond donors (Lipinski definition) is 2. The second-order valence-corrected chi connectivity index (χ2v) is 10.2. The summed E-state index contributed by atoms with van der Waals surface area (Å²) in [6, 6.07) is 11.9. The van der Waals surface area contributed by atoms with E-state index in [4.69, 9.17) is 14.2 Å². The van der Waals surface area contributed by atoms with Crippen LogP contribution < -0.4 is 24.8 Å². The minimum Gasteiger partial charge on any atom is -0.493 e.